The predicted octanol–water partition coefficient (Wildman–Crippen LogP) is 8.33. The fraction of sp³-hybridized carbons (Fsp3) is 0.278. The van der Waals surface area contributed by atoms with Gasteiger partial charge in [0.15, 0.2) is 0 Å². The summed E-state index contributed by atoms with van der Waals surface area (Å²) in [4.78, 5) is 0. The van der Waals surface area contributed by atoms with Gasteiger partial charge in [0.2, 0.25) is 0 Å². The monoisotopic (exact) mass is 658 g/mol. The summed E-state index contributed by atoms with van der Waals surface area (Å²) in [5, 5.41) is 3.01. The van der Waals surface area contributed by atoms with Gasteiger partial charge >= 0.3 is 256 Å². The van der Waals surface area contributed by atoms with Crippen molar-refractivity contribution in [2.24, 2.45) is 5.92 Å². The van der Waals surface area contributed by atoms with Crippen LogP contribution in [0.1, 0.15) is 66.9 Å². The third-order valence-electron chi connectivity index (χ3n) is 9.21. The van der Waals surface area contributed by atoms with Crippen LogP contribution in [0.3, 0.4) is 0 Å². The minimum absolute atomic E-state index is 0.00896. The Morgan fingerprint density at radius 2 is 1.52 bits per heavy atom. The van der Waals surface area contributed by atoms with E-state index in [0.717, 1.165) is 6.42 Å². The molecule has 0 bridgehead atoms. The van der Waals surface area contributed by atoms with Gasteiger partial charge in [-0.15, -0.1) is 0 Å². The van der Waals surface area contributed by atoms with E-state index < -0.39 is 27.4 Å². The summed E-state index contributed by atoms with van der Waals surface area (Å²) in [6.07, 6.45) is 3.57. The van der Waals surface area contributed by atoms with Gasteiger partial charge in [0.25, 0.3) is 0 Å². The van der Waals surface area contributed by atoms with Crippen LogP contribution < -0.4 is 13.6 Å². The van der Waals surface area contributed by atoms with E-state index in [2.05, 4.69) is 126 Å². The Hall–Kier alpha value is -1.70. The van der Waals surface area contributed by atoms with Crippen molar-refractivity contribution in [3.63, 3.8) is 0 Å². The van der Waals surface area contributed by atoms with Crippen LogP contribution >= 0.6 is 17.0 Å². The molecule has 204 valence electrons. The summed E-state index contributed by atoms with van der Waals surface area (Å²) < 4.78 is 1.41. The maximum absolute atomic E-state index is 7.93. The molecule has 0 spiro atoms. The first kappa shape index (κ1) is 28.4. The van der Waals surface area contributed by atoms with E-state index in [0.29, 0.717) is 5.92 Å². The molecule has 2 unspecified atom stereocenters. The Kier molecular flexibility index (Phi) is 7.49. The first-order chi connectivity index (χ1) is 19.0. The zero-order valence-electron chi connectivity index (χ0n) is 24.4. The van der Waals surface area contributed by atoms with Gasteiger partial charge < -0.3 is 0 Å². The second-order valence-corrected chi connectivity index (χ2v) is 28.6. The van der Waals surface area contributed by atoms with E-state index in [-0.39, 0.29) is 9.04 Å². The van der Waals surface area contributed by atoms with Crippen LogP contribution in [0.25, 0.3) is 28.3 Å². The number of aryl methyl sites for hydroxylation is 1. The molecule has 0 saturated carbocycles. The molecule has 2 atom stereocenters. The fourth-order valence-corrected chi connectivity index (χ4v) is 23.9. The van der Waals surface area contributed by atoms with Crippen LogP contribution in [0.5, 0.6) is 0 Å². The Morgan fingerprint density at radius 1 is 0.850 bits per heavy atom. The van der Waals surface area contributed by atoms with Gasteiger partial charge in [0.1, 0.15) is 0 Å². The van der Waals surface area contributed by atoms with Crippen molar-refractivity contribution >= 4 is 46.3 Å². The van der Waals surface area contributed by atoms with Crippen molar-refractivity contribution in [1.82, 2.24) is 0 Å². The van der Waals surface area contributed by atoms with Gasteiger partial charge in [-0.3, -0.25) is 0 Å². The van der Waals surface area contributed by atoms with Crippen molar-refractivity contribution < 1.29 is 17.9 Å². The SMILES string of the molecule is CCC(C)C1=Cc2c(ccc(C(C)(C)C)c2-c2ccccc2C)[CH]1[Zr]([Cl])([Cl])[c]1cccc2c1[SiH2]c1ccccc1-2. The molecule has 1 heterocycles. The number of halogens is 2. The van der Waals surface area contributed by atoms with E-state index in [1.807, 2.05) is 0 Å². The average Bonchev–Trinajstić information content (AvgIpc) is 3.51. The number of hydrogen-bond acceptors (Lipinski definition) is 0. The van der Waals surface area contributed by atoms with Crippen LogP contribution in [-0.2, 0) is 23.3 Å². The summed E-state index contributed by atoms with van der Waals surface area (Å²) in [6, 6.07) is 29.3. The van der Waals surface area contributed by atoms with E-state index in [9.17, 15) is 0 Å². The number of benzene rings is 4. The molecule has 6 rings (SSSR count). The van der Waals surface area contributed by atoms with Gasteiger partial charge in [-0.25, -0.2) is 0 Å². The van der Waals surface area contributed by atoms with Gasteiger partial charge in [0, 0.05) is 0 Å². The minimum atomic E-state index is -4.02. The molecule has 4 aromatic carbocycles. The summed E-state index contributed by atoms with van der Waals surface area (Å²) in [5.74, 6) is 0.417. The molecular weight excluding hydrogens is 623 g/mol. The summed E-state index contributed by atoms with van der Waals surface area (Å²) in [7, 11) is 15.2. The van der Waals surface area contributed by atoms with E-state index in [1.54, 1.807) is 0 Å². The second-order valence-electron chi connectivity index (χ2n) is 12.7. The van der Waals surface area contributed by atoms with Gasteiger partial charge in [-0.05, 0) is 0 Å². The van der Waals surface area contributed by atoms with Gasteiger partial charge in [0.05, 0.1) is 0 Å². The fourth-order valence-electron chi connectivity index (χ4n) is 6.93. The zero-order valence-corrected chi connectivity index (χ0v) is 29.8. The molecule has 0 N–H and O–H groups in total. The standard InChI is InChI=1S/C24H29.C12H9Si.2ClH.Zr/c1-7-16(2)19-14-18-12-13-22(24(4,5)6)23(21(18)15-19)20-11-9-8-10-17(20)3;1-3-7-11-9(5-1)10-6-2-4-8-12(10)13-11;;;/h8-16H,7H2,1-6H3;1-7H,13H2;2*1H;/q;;;;+2/p-2. The first-order valence-electron chi connectivity index (χ1n) is 14.6. The number of allylic oxidation sites excluding steroid dienone is 1. The second kappa shape index (κ2) is 10.5. The molecule has 1 aliphatic heterocycles. The van der Waals surface area contributed by atoms with Crippen LogP contribution in [0.4, 0.5) is 0 Å². The Labute approximate surface area is 254 Å². The maximum atomic E-state index is 7.93. The van der Waals surface area contributed by atoms with Crippen molar-refractivity contribution in [3.05, 3.63) is 107 Å². The summed E-state index contributed by atoms with van der Waals surface area (Å²) in [6.45, 7) is 13.9. The average molecular weight is 661 g/mol. The topological polar surface area (TPSA) is 0 Å². The van der Waals surface area contributed by atoms with E-state index >= 15 is 0 Å². The molecule has 2 aliphatic rings. The third-order valence-corrected chi connectivity index (χ3v) is 23.5. The van der Waals surface area contributed by atoms with Gasteiger partial charge in [-0.2, -0.15) is 0 Å². The number of rotatable bonds is 5. The predicted molar refractivity (Wildman–Crippen MR) is 177 cm³/mol. The molecule has 4 heteroatoms. The van der Waals surface area contributed by atoms with Crippen molar-refractivity contribution in [1.29, 1.82) is 0 Å². The molecule has 0 nitrogen and oxygen atoms in total. The molecule has 0 amide bonds. The molecule has 0 aromatic heterocycles. The quantitative estimate of drug-likeness (QED) is 0.166. The van der Waals surface area contributed by atoms with Crippen molar-refractivity contribution in [2.45, 2.75) is 57.0 Å². The Bertz CT molecular complexity index is 1660. The normalized spacial score (nSPS) is 17.4. The van der Waals surface area contributed by atoms with Crippen LogP contribution in [-0.4, -0.2) is 9.52 Å². The zero-order chi connectivity index (χ0) is 28.4. The third kappa shape index (κ3) is 4.59. The first-order valence-corrected chi connectivity index (χ1v) is 25.0. The number of hydrogen-bond donors (Lipinski definition) is 0. The summed E-state index contributed by atoms with van der Waals surface area (Å²) >= 11 is -4.02. The Morgan fingerprint density at radius 3 is 2.23 bits per heavy atom. The molecule has 1 aliphatic carbocycles. The van der Waals surface area contributed by atoms with Crippen molar-refractivity contribution in [2.75, 3.05) is 0 Å². The number of fused-ring (bicyclic) bond motifs is 4. The van der Waals surface area contributed by atoms with Crippen LogP contribution in [0.15, 0.2) is 84.4 Å². The molecule has 0 radical (unpaired) electrons. The summed E-state index contributed by atoms with van der Waals surface area (Å²) in [5.41, 5.74) is 12.3. The Balaban J connectivity index is 1.59. The van der Waals surface area contributed by atoms with Crippen LogP contribution in [0, 0.1) is 12.8 Å². The van der Waals surface area contributed by atoms with Crippen LogP contribution in [0.2, 0.25) is 0 Å². The van der Waals surface area contributed by atoms with E-state index in [1.165, 1.54) is 63.7 Å². The molecule has 40 heavy (non-hydrogen) atoms. The van der Waals surface area contributed by atoms with Crippen molar-refractivity contribution in [3.8, 4) is 22.3 Å². The molecular formula is C36H38Cl2SiZr. The van der Waals surface area contributed by atoms with Gasteiger partial charge in [-0.1, -0.05) is 0 Å². The van der Waals surface area contributed by atoms with E-state index in [4.69, 9.17) is 17.0 Å². The molecule has 0 fully saturated rings. The molecule has 0 saturated heterocycles. The molecule has 4 aromatic rings.